The van der Waals surface area contributed by atoms with Gasteiger partial charge in [-0.2, -0.15) is 4.98 Å². The lowest BCUT2D eigenvalue weighted by atomic mass is 10.0. The molecule has 6 heteroatoms. The first-order valence-electron chi connectivity index (χ1n) is 7.15. The van der Waals surface area contributed by atoms with Crippen molar-refractivity contribution in [3.8, 4) is 5.88 Å². The molecule has 1 aliphatic rings. The monoisotopic (exact) mass is 281 g/mol. The number of hydrogen-bond acceptors (Lipinski definition) is 6. The number of ether oxygens (including phenoxy) is 3. The highest BCUT2D eigenvalue weighted by Crippen LogP contribution is 2.18. The molecule has 0 aliphatic carbocycles. The third-order valence-electron chi connectivity index (χ3n) is 3.25. The zero-order chi connectivity index (χ0) is 14.2. The summed E-state index contributed by atoms with van der Waals surface area (Å²) in [7, 11) is 1.83. The van der Waals surface area contributed by atoms with Crippen LogP contribution in [0.1, 0.15) is 25.6 Å². The number of anilines is 1. The van der Waals surface area contributed by atoms with Gasteiger partial charge in [0.25, 0.3) is 0 Å². The van der Waals surface area contributed by atoms with Crippen molar-refractivity contribution in [3.63, 3.8) is 0 Å². The summed E-state index contributed by atoms with van der Waals surface area (Å²) in [5, 5.41) is 3.02. The van der Waals surface area contributed by atoms with E-state index in [-0.39, 0.29) is 0 Å². The lowest BCUT2D eigenvalue weighted by Crippen LogP contribution is -2.21. The van der Waals surface area contributed by atoms with Crippen LogP contribution in [-0.2, 0) is 16.1 Å². The summed E-state index contributed by atoms with van der Waals surface area (Å²) in [5.41, 5.74) is 0. The molecule has 0 aromatic carbocycles. The summed E-state index contributed by atoms with van der Waals surface area (Å²) in [4.78, 5) is 8.71. The van der Waals surface area contributed by atoms with Gasteiger partial charge in [-0.1, -0.05) is 0 Å². The standard InChI is InChI=1S/C14H23N3O3/c1-3-18-10-13-16-12(15-2)8-14(17-13)20-9-11-4-6-19-7-5-11/h8,11H,3-7,9-10H2,1-2H3,(H,15,16,17). The predicted molar refractivity (Wildman–Crippen MR) is 75.9 cm³/mol. The van der Waals surface area contributed by atoms with E-state index in [0.717, 1.165) is 31.9 Å². The smallest absolute Gasteiger partial charge is 0.218 e. The Bertz CT molecular complexity index is 409. The van der Waals surface area contributed by atoms with E-state index < -0.39 is 0 Å². The molecular formula is C14H23N3O3. The zero-order valence-electron chi connectivity index (χ0n) is 12.2. The molecule has 6 nitrogen and oxygen atoms in total. The molecular weight excluding hydrogens is 258 g/mol. The Labute approximate surface area is 119 Å². The molecule has 0 spiro atoms. The maximum Gasteiger partial charge on any atom is 0.218 e. The summed E-state index contributed by atoms with van der Waals surface area (Å²) in [6.45, 7) is 5.33. The number of rotatable bonds is 7. The Morgan fingerprint density at radius 3 is 2.85 bits per heavy atom. The van der Waals surface area contributed by atoms with Crippen molar-refractivity contribution in [3.05, 3.63) is 11.9 Å². The first kappa shape index (κ1) is 15.0. The lowest BCUT2D eigenvalue weighted by molar-refractivity contribution is 0.0488. The van der Waals surface area contributed by atoms with Crippen LogP contribution in [-0.4, -0.2) is 43.4 Å². The van der Waals surface area contributed by atoms with Crippen LogP contribution in [0.25, 0.3) is 0 Å². The van der Waals surface area contributed by atoms with Gasteiger partial charge in [-0.25, -0.2) is 4.98 Å². The summed E-state index contributed by atoms with van der Waals surface area (Å²) < 4.78 is 16.5. The van der Waals surface area contributed by atoms with Crippen LogP contribution in [0.2, 0.25) is 0 Å². The molecule has 1 N–H and O–H groups in total. The largest absolute Gasteiger partial charge is 0.477 e. The van der Waals surface area contributed by atoms with Crippen LogP contribution in [0.15, 0.2) is 6.07 Å². The molecule has 1 aromatic rings. The Morgan fingerprint density at radius 2 is 2.15 bits per heavy atom. The van der Waals surface area contributed by atoms with Crippen molar-refractivity contribution < 1.29 is 14.2 Å². The van der Waals surface area contributed by atoms with Gasteiger partial charge in [-0.3, -0.25) is 0 Å². The molecule has 1 aromatic heterocycles. The molecule has 0 bridgehead atoms. The number of hydrogen-bond donors (Lipinski definition) is 1. The first-order valence-corrected chi connectivity index (χ1v) is 7.15. The zero-order valence-corrected chi connectivity index (χ0v) is 12.2. The third kappa shape index (κ3) is 4.61. The predicted octanol–water partition coefficient (Wildman–Crippen LogP) is 1.86. The van der Waals surface area contributed by atoms with Gasteiger partial charge in [0.2, 0.25) is 5.88 Å². The summed E-state index contributed by atoms with van der Waals surface area (Å²) in [6.07, 6.45) is 2.10. The SMILES string of the molecule is CCOCc1nc(NC)cc(OCC2CCOCC2)n1. The minimum Gasteiger partial charge on any atom is -0.477 e. The number of nitrogens with zero attached hydrogens (tertiary/aromatic N) is 2. The molecule has 0 amide bonds. The van der Waals surface area contributed by atoms with Gasteiger partial charge in [0.1, 0.15) is 12.4 Å². The van der Waals surface area contributed by atoms with E-state index in [4.69, 9.17) is 14.2 Å². The summed E-state index contributed by atoms with van der Waals surface area (Å²) >= 11 is 0. The highest BCUT2D eigenvalue weighted by molar-refractivity contribution is 5.37. The fraction of sp³-hybridized carbons (Fsp3) is 0.714. The van der Waals surface area contributed by atoms with E-state index in [1.165, 1.54) is 0 Å². The molecule has 0 saturated carbocycles. The van der Waals surface area contributed by atoms with E-state index in [9.17, 15) is 0 Å². The summed E-state index contributed by atoms with van der Waals surface area (Å²) in [5.74, 6) is 2.54. The van der Waals surface area contributed by atoms with E-state index in [1.54, 1.807) is 0 Å². The average Bonchev–Trinajstić information content (AvgIpc) is 2.51. The lowest BCUT2D eigenvalue weighted by Gasteiger charge is -2.21. The maximum atomic E-state index is 5.81. The van der Waals surface area contributed by atoms with Gasteiger partial charge < -0.3 is 19.5 Å². The van der Waals surface area contributed by atoms with Gasteiger partial charge >= 0.3 is 0 Å². The fourth-order valence-electron chi connectivity index (χ4n) is 2.05. The van der Waals surface area contributed by atoms with E-state index in [1.807, 2.05) is 20.0 Å². The normalized spacial score (nSPS) is 16.1. The minimum absolute atomic E-state index is 0.402. The molecule has 112 valence electrons. The highest BCUT2D eigenvalue weighted by atomic mass is 16.5. The minimum atomic E-state index is 0.402. The van der Waals surface area contributed by atoms with Crippen molar-refractivity contribution in [2.24, 2.45) is 5.92 Å². The topological polar surface area (TPSA) is 65.5 Å². The average molecular weight is 281 g/mol. The Morgan fingerprint density at radius 1 is 1.35 bits per heavy atom. The van der Waals surface area contributed by atoms with Gasteiger partial charge in [-0.15, -0.1) is 0 Å². The molecule has 0 unspecified atom stereocenters. The number of aromatic nitrogens is 2. The van der Waals surface area contributed by atoms with Crippen molar-refractivity contribution in [1.29, 1.82) is 0 Å². The fourth-order valence-corrected chi connectivity index (χ4v) is 2.05. The second-order valence-electron chi connectivity index (χ2n) is 4.76. The van der Waals surface area contributed by atoms with Crippen molar-refractivity contribution in [1.82, 2.24) is 9.97 Å². The second-order valence-corrected chi connectivity index (χ2v) is 4.76. The van der Waals surface area contributed by atoms with Crippen molar-refractivity contribution >= 4 is 5.82 Å². The molecule has 2 rings (SSSR count). The molecule has 0 atom stereocenters. The summed E-state index contributed by atoms with van der Waals surface area (Å²) in [6, 6.07) is 1.81. The molecule has 1 saturated heterocycles. The van der Waals surface area contributed by atoms with Crippen molar-refractivity contribution in [2.75, 3.05) is 38.8 Å². The van der Waals surface area contributed by atoms with Gasteiger partial charge in [-0.05, 0) is 25.7 Å². The van der Waals surface area contributed by atoms with Gasteiger partial charge in [0.15, 0.2) is 5.82 Å². The van der Waals surface area contributed by atoms with Crippen LogP contribution >= 0.6 is 0 Å². The molecule has 0 radical (unpaired) electrons. The van der Waals surface area contributed by atoms with Crippen LogP contribution in [0.4, 0.5) is 5.82 Å². The van der Waals surface area contributed by atoms with E-state index >= 15 is 0 Å². The van der Waals surface area contributed by atoms with Crippen LogP contribution < -0.4 is 10.1 Å². The Hall–Kier alpha value is -1.40. The molecule has 1 fully saturated rings. The second kappa shape index (κ2) is 8.01. The van der Waals surface area contributed by atoms with Crippen LogP contribution in [0.3, 0.4) is 0 Å². The number of nitrogens with one attached hydrogen (secondary N) is 1. The van der Waals surface area contributed by atoms with Gasteiger partial charge in [0.05, 0.1) is 6.61 Å². The van der Waals surface area contributed by atoms with Crippen LogP contribution in [0.5, 0.6) is 5.88 Å². The van der Waals surface area contributed by atoms with Gasteiger partial charge in [0, 0.05) is 32.9 Å². The molecule has 2 heterocycles. The Balaban J connectivity index is 1.94. The first-order chi connectivity index (χ1) is 9.81. The van der Waals surface area contributed by atoms with Crippen LogP contribution in [0, 0.1) is 5.92 Å². The van der Waals surface area contributed by atoms with Crippen molar-refractivity contribution in [2.45, 2.75) is 26.4 Å². The highest BCUT2D eigenvalue weighted by Gasteiger charge is 2.15. The Kier molecular flexibility index (Phi) is 6.01. The molecule has 20 heavy (non-hydrogen) atoms. The maximum absolute atomic E-state index is 5.81. The quantitative estimate of drug-likeness (QED) is 0.823. The van der Waals surface area contributed by atoms with E-state index in [2.05, 4.69) is 15.3 Å². The molecule has 1 aliphatic heterocycles. The van der Waals surface area contributed by atoms with E-state index in [0.29, 0.717) is 37.4 Å². The third-order valence-corrected chi connectivity index (χ3v) is 3.25.